The van der Waals surface area contributed by atoms with Gasteiger partial charge in [0.15, 0.2) is 0 Å². The van der Waals surface area contributed by atoms with E-state index in [0.29, 0.717) is 12.3 Å². The summed E-state index contributed by atoms with van der Waals surface area (Å²) in [6, 6.07) is 0.158. The van der Waals surface area contributed by atoms with Crippen LogP contribution in [0.2, 0.25) is 0 Å². The van der Waals surface area contributed by atoms with E-state index in [2.05, 4.69) is 5.32 Å². The molecule has 1 saturated carbocycles. The first-order chi connectivity index (χ1) is 6.24. The highest BCUT2D eigenvalue weighted by atomic mass is 35.5. The number of nitrogens with one attached hydrogen (secondary N) is 1. The van der Waals surface area contributed by atoms with Crippen molar-refractivity contribution in [3.63, 3.8) is 0 Å². The zero-order valence-electron chi connectivity index (χ0n) is 7.56. The van der Waals surface area contributed by atoms with E-state index in [0.717, 1.165) is 19.3 Å². The molecule has 0 aromatic carbocycles. The molecule has 0 aliphatic heterocycles. The van der Waals surface area contributed by atoms with Crippen LogP contribution in [0.15, 0.2) is 0 Å². The fourth-order valence-electron chi connectivity index (χ4n) is 1.61. The number of hydrogen-bond donors (Lipinski definition) is 1. The summed E-state index contributed by atoms with van der Waals surface area (Å²) < 4.78 is 0. The second-order valence-electron chi connectivity index (χ2n) is 3.41. The first-order valence-electron chi connectivity index (χ1n) is 4.73. The number of rotatable bonds is 3. The van der Waals surface area contributed by atoms with Crippen LogP contribution in [-0.4, -0.2) is 23.2 Å². The summed E-state index contributed by atoms with van der Waals surface area (Å²) in [6.07, 6.45) is 4.74. The van der Waals surface area contributed by atoms with Crippen LogP contribution >= 0.6 is 23.2 Å². The standard InChI is InChI=1S/C9H15Cl2NO/c10-6-5-9(13)12-8-4-2-1-3-7(8)11/h7-8H,1-6H2,(H,12,13)/t7-,8-/m1/s1. The highest BCUT2D eigenvalue weighted by molar-refractivity contribution is 6.21. The lowest BCUT2D eigenvalue weighted by Crippen LogP contribution is -2.42. The Morgan fingerprint density at radius 1 is 1.38 bits per heavy atom. The maximum atomic E-state index is 11.2. The number of carbonyl (C=O) groups is 1. The molecule has 0 bridgehead atoms. The van der Waals surface area contributed by atoms with Gasteiger partial charge in [-0.1, -0.05) is 12.8 Å². The highest BCUT2D eigenvalue weighted by Gasteiger charge is 2.23. The fraction of sp³-hybridized carbons (Fsp3) is 0.889. The minimum Gasteiger partial charge on any atom is -0.352 e. The van der Waals surface area contributed by atoms with Gasteiger partial charge >= 0.3 is 0 Å². The number of amides is 1. The largest absolute Gasteiger partial charge is 0.352 e. The molecule has 76 valence electrons. The Morgan fingerprint density at radius 2 is 2.08 bits per heavy atom. The van der Waals surface area contributed by atoms with Crippen molar-refractivity contribution >= 4 is 29.1 Å². The lowest BCUT2D eigenvalue weighted by Gasteiger charge is -2.27. The molecule has 0 radical (unpaired) electrons. The predicted molar refractivity (Wildman–Crippen MR) is 55.4 cm³/mol. The molecule has 1 aliphatic rings. The second kappa shape index (κ2) is 5.71. The van der Waals surface area contributed by atoms with Gasteiger partial charge in [-0.3, -0.25) is 4.79 Å². The van der Waals surface area contributed by atoms with Crippen molar-refractivity contribution < 1.29 is 4.79 Å². The Balaban J connectivity index is 2.29. The predicted octanol–water partition coefficient (Wildman–Crippen LogP) is 2.28. The summed E-state index contributed by atoms with van der Waals surface area (Å²) >= 11 is 11.5. The van der Waals surface area contributed by atoms with Gasteiger partial charge in [0.1, 0.15) is 0 Å². The topological polar surface area (TPSA) is 29.1 Å². The van der Waals surface area contributed by atoms with E-state index in [9.17, 15) is 4.79 Å². The van der Waals surface area contributed by atoms with E-state index < -0.39 is 0 Å². The van der Waals surface area contributed by atoms with Crippen molar-refractivity contribution in [3.05, 3.63) is 0 Å². The van der Waals surface area contributed by atoms with E-state index in [1.165, 1.54) is 6.42 Å². The quantitative estimate of drug-likeness (QED) is 0.732. The van der Waals surface area contributed by atoms with Crippen molar-refractivity contribution in [1.82, 2.24) is 5.32 Å². The molecule has 0 aromatic rings. The summed E-state index contributed by atoms with van der Waals surface area (Å²) in [5.41, 5.74) is 0. The summed E-state index contributed by atoms with van der Waals surface area (Å²) in [5, 5.41) is 3.02. The number of hydrogen-bond acceptors (Lipinski definition) is 1. The minimum atomic E-state index is 0.0209. The third-order valence-electron chi connectivity index (χ3n) is 2.35. The minimum absolute atomic E-state index is 0.0209. The molecule has 0 aromatic heterocycles. The number of halogens is 2. The summed E-state index contributed by atoms with van der Waals surface area (Å²) in [6.45, 7) is 0. The van der Waals surface area contributed by atoms with Gasteiger partial charge < -0.3 is 5.32 Å². The first kappa shape index (κ1) is 11.1. The van der Waals surface area contributed by atoms with E-state index in [1.807, 2.05) is 0 Å². The molecule has 2 nitrogen and oxygen atoms in total. The molecule has 1 aliphatic carbocycles. The molecule has 0 spiro atoms. The Morgan fingerprint density at radius 3 is 2.69 bits per heavy atom. The van der Waals surface area contributed by atoms with Crippen LogP contribution < -0.4 is 5.32 Å². The van der Waals surface area contributed by atoms with Gasteiger partial charge in [-0.15, -0.1) is 23.2 Å². The van der Waals surface area contributed by atoms with Gasteiger partial charge in [0.25, 0.3) is 0 Å². The molecular formula is C9H15Cl2NO. The van der Waals surface area contributed by atoms with Crippen LogP contribution in [-0.2, 0) is 4.79 Å². The third-order valence-corrected chi connectivity index (χ3v) is 3.06. The second-order valence-corrected chi connectivity index (χ2v) is 4.35. The number of alkyl halides is 2. The molecule has 4 heteroatoms. The molecule has 1 amide bonds. The smallest absolute Gasteiger partial charge is 0.221 e. The van der Waals surface area contributed by atoms with Gasteiger partial charge in [-0.25, -0.2) is 0 Å². The van der Waals surface area contributed by atoms with Crippen LogP contribution in [0, 0.1) is 0 Å². The van der Waals surface area contributed by atoms with Crippen LogP contribution in [0.25, 0.3) is 0 Å². The van der Waals surface area contributed by atoms with Crippen LogP contribution in [0.1, 0.15) is 32.1 Å². The van der Waals surface area contributed by atoms with E-state index in [-0.39, 0.29) is 17.3 Å². The maximum Gasteiger partial charge on any atom is 0.221 e. The zero-order valence-corrected chi connectivity index (χ0v) is 9.07. The lowest BCUT2D eigenvalue weighted by molar-refractivity contribution is -0.121. The van der Waals surface area contributed by atoms with Crippen LogP contribution in [0.4, 0.5) is 0 Å². The first-order valence-corrected chi connectivity index (χ1v) is 5.70. The molecule has 1 fully saturated rings. The van der Waals surface area contributed by atoms with Gasteiger partial charge in [0.05, 0.1) is 5.38 Å². The van der Waals surface area contributed by atoms with Crippen molar-refractivity contribution in [2.24, 2.45) is 0 Å². The molecule has 13 heavy (non-hydrogen) atoms. The fourth-order valence-corrected chi connectivity index (χ4v) is 2.13. The third kappa shape index (κ3) is 3.74. The van der Waals surface area contributed by atoms with Crippen molar-refractivity contribution in [2.45, 2.75) is 43.5 Å². The van der Waals surface area contributed by atoms with Crippen molar-refractivity contribution in [2.75, 3.05) is 5.88 Å². The lowest BCUT2D eigenvalue weighted by atomic mass is 9.95. The Hall–Kier alpha value is 0.0500. The molecule has 2 atom stereocenters. The Kier molecular flexibility index (Phi) is 4.89. The molecular weight excluding hydrogens is 209 g/mol. The zero-order chi connectivity index (χ0) is 9.68. The van der Waals surface area contributed by atoms with Crippen molar-refractivity contribution in [1.29, 1.82) is 0 Å². The maximum absolute atomic E-state index is 11.2. The highest BCUT2D eigenvalue weighted by Crippen LogP contribution is 2.22. The van der Waals surface area contributed by atoms with E-state index in [1.54, 1.807) is 0 Å². The molecule has 0 saturated heterocycles. The van der Waals surface area contributed by atoms with Gasteiger partial charge in [0, 0.05) is 18.3 Å². The van der Waals surface area contributed by atoms with Crippen LogP contribution in [0.5, 0.6) is 0 Å². The average Bonchev–Trinajstić information content (AvgIpc) is 2.09. The monoisotopic (exact) mass is 223 g/mol. The summed E-state index contributed by atoms with van der Waals surface area (Å²) in [4.78, 5) is 11.2. The molecule has 0 heterocycles. The summed E-state index contributed by atoms with van der Waals surface area (Å²) in [7, 11) is 0. The summed E-state index contributed by atoms with van der Waals surface area (Å²) in [5.74, 6) is 0.401. The van der Waals surface area contributed by atoms with Crippen molar-refractivity contribution in [3.8, 4) is 0 Å². The van der Waals surface area contributed by atoms with Gasteiger partial charge in [0.2, 0.25) is 5.91 Å². The van der Waals surface area contributed by atoms with E-state index >= 15 is 0 Å². The van der Waals surface area contributed by atoms with E-state index in [4.69, 9.17) is 23.2 Å². The van der Waals surface area contributed by atoms with Gasteiger partial charge in [-0.05, 0) is 12.8 Å². The Bertz CT molecular complexity index is 175. The molecule has 1 N–H and O–H groups in total. The normalized spacial score (nSPS) is 28.5. The molecule has 1 rings (SSSR count). The van der Waals surface area contributed by atoms with Gasteiger partial charge in [-0.2, -0.15) is 0 Å². The number of carbonyl (C=O) groups excluding carboxylic acids is 1. The SMILES string of the molecule is O=C(CCCl)N[C@@H]1CCCC[C@H]1Cl. The average molecular weight is 224 g/mol. The molecule has 0 unspecified atom stereocenters. The Labute approximate surface area is 89.0 Å². The van der Waals surface area contributed by atoms with Crippen LogP contribution in [0.3, 0.4) is 0 Å².